The Labute approximate surface area is 131 Å². The predicted molar refractivity (Wildman–Crippen MR) is 86.7 cm³/mol. The first-order valence-corrected chi connectivity index (χ1v) is 7.21. The molecular weight excluding hydrogens is 278 g/mol. The van der Waals surface area contributed by atoms with Gasteiger partial charge in [0.1, 0.15) is 5.69 Å². The summed E-state index contributed by atoms with van der Waals surface area (Å²) in [6, 6.07) is 4.25. The number of hydrogen-bond donors (Lipinski definition) is 0. The number of benzene rings is 1. The zero-order chi connectivity index (χ0) is 16.6. The van der Waals surface area contributed by atoms with Crippen LogP contribution in [0.4, 0.5) is 0 Å². The number of amides is 1. The van der Waals surface area contributed by atoms with E-state index in [0.717, 1.165) is 22.4 Å². The summed E-state index contributed by atoms with van der Waals surface area (Å²) in [6.45, 7) is 8.14. The standard InChI is InChI=1S/C17H23N3O2/c1-10-8-11(2)12(3)14(9-10)15-13(4)18-19(5)16(15)17(21)20(6)22-7/h8-9H,1-7H3. The van der Waals surface area contributed by atoms with Gasteiger partial charge in [-0.2, -0.15) is 5.10 Å². The molecule has 1 heterocycles. The normalized spacial score (nSPS) is 10.9. The summed E-state index contributed by atoms with van der Waals surface area (Å²) in [5.74, 6) is -0.209. The van der Waals surface area contributed by atoms with E-state index in [4.69, 9.17) is 4.84 Å². The van der Waals surface area contributed by atoms with Gasteiger partial charge in [0, 0.05) is 19.7 Å². The second kappa shape index (κ2) is 5.93. The van der Waals surface area contributed by atoms with E-state index in [-0.39, 0.29) is 5.91 Å². The molecule has 1 aromatic heterocycles. The van der Waals surface area contributed by atoms with Crippen molar-refractivity contribution < 1.29 is 9.63 Å². The average Bonchev–Trinajstić information content (AvgIpc) is 2.75. The fourth-order valence-corrected chi connectivity index (χ4v) is 2.76. The Balaban J connectivity index is 2.75. The van der Waals surface area contributed by atoms with Gasteiger partial charge >= 0.3 is 0 Å². The monoisotopic (exact) mass is 301 g/mol. The van der Waals surface area contributed by atoms with Crippen molar-refractivity contribution in [2.45, 2.75) is 27.7 Å². The number of carbonyl (C=O) groups excluding carboxylic acids is 1. The Hall–Kier alpha value is -2.14. The SMILES string of the molecule is CON(C)C(=O)c1c(-c2cc(C)cc(C)c2C)c(C)nn1C. The minimum Gasteiger partial charge on any atom is -0.274 e. The molecule has 5 heteroatoms. The summed E-state index contributed by atoms with van der Waals surface area (Å²) in [7, 11) is 4.86. The van der Waals surface area contributed by atoms with Gasteiger partial charge in [-0.3, -0.25) is 14.3 Å². The molecule has 0 atom stereocenters. The molecule has 1 aromatic carbocycles. The van der Waals surface area contributed by atoms with Gasteiger partial charge in [-0.05, 0) is 44.4 Å². The molecule has 0 aliphatic carbocycles. The highest BCUT2D eigenvalue weighted by Gasteiger charge is 2.25. The molecule has 22 heavy (non-hydrogen) atoms. The summed E-state index contributed by atoms with van der Waals surface area (Å²) in [5.41, 5.74) is 6.84. The second-order valence-electron chi connectivity index (χ2n) is 5.67. The van der Waals surface area contributed by atoms with Crippen LogP contribution in [-0.4, -0.2) is 34.9 Å². The maximum absolute atomic E-state index is 12.6. The van der Waals surface area contributed by atoms with Gasteiger partial charge < -0.3 is 0 Å². The molecule has 0 aliphatic heterocycles. The van der Waals surface area contributed by atoms with E-state index in [1.807, 2.05) is 6.92 Å². The van der Waals surface area contributed by atoms with Crippen molar-refractivity contribution in [2.75, 3.05) is 14.2 Å². The molecule has 0 fully saturated rings. The van der Waals surface area contributed by atoms with Gasteiger partial charge in [0.2, 0.25) is 0 Å². The van der Waals surface area contributed by atoms with E-state index in [2.05, 4.69) is 38.0 Å². The van der Waals surface area contributed by atoms with Gasteiger partial charge in [-0.1, -0.05) is 17.7 Å². The van der Waals surface area contributed by atoms with Crippen LogP contribution < -0.4 is 0 Å². The maximum atomic E-state index is 12.6. The molecule has 0 radical (unpaired) electrons. The zero-order valence-corrected chi connectivity index (χ0v) is 14.3. The van der Waals surface area contributed by atoms with Crippen LogP contribution in [0.1, 0.15) is 32.9 Å². The first kappa shape index (κ1) is 16.2. The fraction of sp³-hybridized carbons (Fsp3) is 0.412. The fourth-order valence-electron chi connectivity index (χ4n) is 2.76. The molecule has 0 bridgehead atoms. The molecule has 0 unspecified atom stereocenters. The van der Waals surface area contributed by atoms with Crippen LogP contribution in [0, 0.1) is 27.7 Å². The largest absolute Gasteiger partial charge is 0.296 e. The summed E-state index contributed by atoms with van der Waals surface area (Å²) in [6.07, 6.45) is 0. The van der Waals surface area contributed by atoms with Crippen LogP contribution >= 0.6 is 0 Å². The Bertz CT molecular complexity index is 732. The molecule has 1 amide bonds. The van der Waals surface area contributed by atoms with Crippen LogP contribution in [0.3, 0.4) is 0 Å². The van der Waals surface area contributed by atoms with E-state index in [9.17, 15) is 4.79 Å². The Morgan fingerprint density at radius 1 is 1.23 bits per heavy atom. The molecule has 0 N–H and O–H groups in total. The van der Waals surface area contributed by atoms with Crippen molar-refractivity contribution in [2.24, 2.45) is 7.05 Å². The minimum atomic E-state index is -0.209. The highest BCUT2D eigenvalue weighted by atomic mass is 16.7. The van der Waals surface area contributed by atoms with Crippen molar-refractivity contribution in [3.63, 3.8) is 0 Å². The van der Waals surface area contributed by atoms with Gasteiger partial charge in [0.15, 0.2) is 0 Å². The number of nitrogens with zero attached hydrogens (tertiary/aromatic N) is 3. The lowest BCUT2D eigenvalue weighted by atomic mass is 9.93. The molecule has 0 saturated carbocycles. The summed E-state index contributed by atoms with van der Waals surface area (Å²) < 4.78 is 1.62. The summed E-state index contributed by atoms with van der Waals surface area (Å²) in [5, 5.41) is 5.66. The Kier molecular flexibility index (Phi) is 4.37. The van der Waals surface area contributed by atoms with Crippen LogP contribution in [0.15, 0.2) is 12.1 Å². The molecule has 0 aliphatic rings. The number of hydroxylamine groups is 2. The quantitative estimate of drug-likeness (QED) is 0.819. The molecule has 0 spiro atoms. The number of aryl methyl sites for hydroxylation is 4. The van der Waals surface area contributed by atoms with Gasteiger partial charge in [-0.15, -0.1) is 0 Å². The number of carbonyl (C=O) groups is 1. The number of aromatic nitrogens is 2. The lowest BCUT2D eigenvalue weighted by molar-refractivity contribution is -0.0762. The first-order valence-electron chi connectivity index (χ1n) is 7.21. The highest BCUT2D eigenvalue weighted by molar-refractivity contribution is 5.99. The van der Waals surface area contributed by atoms with Crippen molar-refractivity contribution in [1.29, 1.82) is 0 Å². The van der Waals surface area contributed by atoms with Crippen molar-refractivity contribution in [1.82, 2.24) is 14.8 Å². The average molecular weight is 301 g/mol. The topological polar surface area (TPSA) is 47.4 Å². The molecule has 2 aromatic rings. The lowest BCUT2D eigenvalue weighted by Gasteiger charge is -2.16. The first-order chi connectivity index (χ1) is 10.3. The second-order valence-corrected chi connectivity index (χ2v) is 5.67. The van der Waals surface area contributed by atoms with Crippen LogP contribution in [0.5, 0.6) is 0 Å². The molecule has 5 nitrogen and oxygen atoms in total. The summed E-state index contributed by atoms with van der Waals surface area (Å²) in [4.78, 5) is 17.7. The smallest absolute Gasteiger partial charge is 0.274 e. The van der Waals surface area contributed by atoms with Crippen molar-refractivity contribution in [3.05, 3.63) is 40.2 Å². The van der Waals surface area contributed by atoms with Crippen LogP contribution in [-0.2, 0) is 11.9 Å². The zero-order valence-electron chi connectivity index (χ0n) is 14.3. The summed E-state index contributed by atoms with van der Waals surface area (Å²) >= 11 is 0. The lowest BCUT2D eigenvalue weighted by Crippen LogP contribution is -2.28. The van der Waals surface area contributed by atoms with Crippen molar-refractivity contribution in [3.8, 4) is 11.1 Å². The van der Waals surface area contributed by atoms with Gasteiger partial charge in [0.25, 0.3) is 5.91 Å². The molecule has 118 valence electrons. The Morgan fingerprint density at radius 3 is 2.45 bits per heavy atom. The molecular formula is C17H23N3O2. The highest BCUT2D eigenvalue weighted by Crippen LogP contribution is 2.32. The third kappa shape index (κ3) is 2.64. The third-order valence-electron chi connectivity index (χ3n) is 4.07. The molecule has 0 saturated heterocycles. The number of hydrogen-bond acceptors (Lipinski definition) is 3. The van der Waals surface area contributed by atoms with Crippen molar-refractivity contribution >= 4 is 5.91 Å². The maximum Gasteiger partial charge on any atom is 0.296 e. The minimum absolute atomic E-state index is 0.209. The third-order valence-corrected chi connectivity index (χ3v) is 4.07. The number of rotatable bonds is 3. The van der Waals surface area contributed by atoms with E-state index >= 15 is 0 Å². The van der Waals surface area contributed by atoms with E-state index in [0.29, 0.717) is 5.69 Å². The van der Waals surface area contributed by atoms with E-state index in [1.54, 1.807) is 18.8 Å². The van der Waals surface area contributed by atoms with Crippen LogP contribution in [0.2, 0.25) is 0 Å². The van der Waals surface area contributed by atoms with Gasteiger partial charge in [-0.25, -0.2) is 5.06 Å². The van der Waals surface area contributed by atoms with Gasteiger partial charge in [0.05, 0.1) is 12.8 Å². The van der Waals surface area contributed by atoms with Crippen LogP contribution in [0.25, 0.3) is 11.1 Å². The predicted octanol–water partition coefficient (Wildman–Crippen LogP) is 2.95. The molecule has 2 rings (SSSR count). The Morgan fingerprint density at radius 2 is 1.86 bits per heavy atom. The van der Waals surface area contributed by atoms with E-state index < -0.39 is 0 Å². The van der Waals surface area contributed by atoms with E-state index in [1.165, 1.54) is 23.3 Å².